The fourth-order valence-electron chi connectivity index (χ4n) is 1.90. The maximum Gasteiger partial charge on any atom is 0.481 e. The van der Waals surface area contributed by atoms with E-state index in [1.807, 2.05) is 0 Å². The van der Waals surface area contributed by atoms with Gasteiger partial charge in [0, 0.05) is 18.7 Å². The van der Waals surface area contributed by atoms with Crippen molar-refractivity contribution in [2.45, 2.75) is 24.6 Å². The third-order valence-corrected chi connectivity index (χ3v) is 4.92. The molecule has 25 heavy (non-hydrogen) atoms. The lowest BCUT2D eigenvalue weighted by molar-refractivity contribution is -0.178. The van der Waals surface area contributed by atoms with Gasteiger partial charge >= 0.3 is 21.3 Å². The summed E-state index contributed by atoms with van der Waals surface area (Å²) >= 11 is 0. The van der Waals surface area contributed by atoms with Gasteiger partial charge in [-0.15, -0.1) is 0 Å². The number of halogens is 1. The number of hydrogen-bond acceptors (Lipinski definition) is 8. The van der Waals surface area contributed by atoms with E-state index < -0.39 is 58.1 Å². The Kier molecular flexibility index (Phi) is 5.08. The second-order valence-corrected chi connectivity index (χ2v) is 7.67. The van der Waals surface area contributed by atoms with E-state index in [4.69, 9.17) is 16.1 Å². The third-order valence-electron chi connectivity index (χ3n) is 2.78. The summed E-state index contributed by atoms with van der Waals surface area (Å²) in [4.78, 5) is 50.5. The summed E-state index contributed by atoms with van der Waals surface area (Å²) < 4.78 is 57.0. The number of nitrogens with one attached hydrogen (secondary N) is 1. The van der Waals surface area contributed by atoms with Crippen molar-refractivity contribution >= 4 is 15.6 Å². The summed E-state index contributed by atoms with van der Waals surface area (Å²) in [5, 5.41) is 9.90. The fourth-order valence-corrected chi connectivity index (χ4v) is 3.52. The molecular formula is C9H13FN2O11P2. The quantitative estimate of drug-likeness (QED) is 0.352. The molecule has 0 aliphatic carbocycles. The number of hydrogen-bond donors (Lipinski definition) is 5. The second-order valence-electron chi connectivity index (χ2n) is 4.84. The Morgan fingerprint density at radius 1 is 1.48 bits per heavy atom. The summed E-state index contributed by atoms with van der Waals surface area (Å²) in [6.45, 7) is -1.48. The lowest BCUT2D eigenvalue weighted by Gasteiger charge is -2.22. The molecule has 1 aromatic rings. The van der Waals surface area contributed by atoms with Crippen LogP contribution in [0.2, 0.25) is 0 Å². The molecule has 0 spiro atoms. The molecule has 0 bridgehead atoms. The van der Waals surface area contributed by atoms with E-state index in [1.54, 1.807) is 4.98 Å². The standard InChI is InChI=1S/C9H13FN2O11P2/c10-9(4-21-25(19,20)23-24(16,17)18)3-5(13)7(22-9)12-2-1-6(14)11-8(12)15/h1-2,5,7,13H,3-4H2,(H,19,20)(H,11,14,15)(H2,16,17,18)/t5-,7-,9+/m1/s1/i7D. The number of aliphatic hydroxyl groups is 1. The predicted octanol–water partition coefficient (Wildman–Crippen LogP) is -1.29. The fraction of sp³-hybridized carbons (Fsp3) is 0.556. The topological polar surface area (TPSA) is 198 Å². The number of aromatic nitrogens is 2. The summed E-state index contributed by atoms with van der Waals surface area (Å²) in [6, 6.07) is 0.804. The van der Waals surface area contributed by atoms with E-state index in [0.29, 0.717) is 4.57 Å². The molecule has 1 fully saturated rings. The largest absolute Gasteiger partial charge is 0.481 e. The van der Waals surface area contributed by atoms with Crippen LogP contribution in [0, 0.1) is 0 Å². The lowest BCUT2D eigenvalue weighted by Crippen LogP contribution is -2.35. The van der Waals surface area contributed by atoms with Crippen molar-refractivity contribution in [3.8, 4) is 0 Å². The second kappa shape index (κ2) is 6.83. The van der Waals surface area contributed by atoms with Gasteiger partial charge in [-0.05, 0) is 0 Å². The van der Waals surface area contributed by atoms with Crippen LogP contribution in [0.1, 0.15) is 14.0 Å². The molecular weight excluding hydrogens is 393 g/mol. The van der Waals surface area contributed by atoms with Crippen molar-refractivity contribution < 1.29 is 48.2 Å². The van der Waals surface area contributed by atoms with Gasteiger partial charge in [0.2, 0.25) is 5.85 Å². The van der Waals surface area contributed by atoms with E-state index in [9.17, 15) is 28.2 Å². The van der Waals surface area contributed by atoms with Crippen LogP contribution in [0.4, 0.5) is 4.39 Å². The molecule has 1 saturated heterocycles. The number of aliphatic hydroxyl groups excluding tert-OH is 1. The van der Waals surface area contributed by atoms with E-state index in [0.717, 1.165) is 12.3 Å². The average molecular weight is 407 g/mol. The van der Waals surface area contributed by atoms with Gasteiger partial charge in [-0.2, -0.15) is 4.31 Å². The van der Waals surface area contributed by atoms with Crippen molar-refractivity contribution in [1.29, 1.82) is 0 Å². The van der Waals surface area contributed by atoms with Crippen LogP contribution in [0.25, 0.3) is 0 Å². The minimum Gasteiger partial charge on any atom is -0.388 e. The minimum absolute atomic E-state index is 0.366. The highest BCUT2D eigenvalue weighted by atomic mass is 31.3. The molecule has 0 radical (unpaired) electrons. The number of alkyl halides is 1. The van der Waals surface area contributed by atoms with Crippen LogP contribution in [-0.2, 0) is 22.7 Å². The Hall–Kier alpha value is -1.21. The van der Waals surface area contributed by atoms with Crippen LogP contribution in [0.15, 0.2) is 21.9 Å². The van der Waals surface area contributed by atoms with Crippen LogP contribution >= 0.6 is 15.6 Å². The highest BCUT2D eigenvalue weighted by molar-refractivity contribution is 7.60. The first-order chi connectivity index (χ1) is 11.7. The summed E-state index contributed by atoms with van der Waals surface area (Å²) in [6.07, 6.45) is -5.00. The maximum absolute atomic E-state index is 14.6. The lowest BCUT2D eigenvalue weighted by atomic mass is 10.2. The first-order valence-corrected chi connectivity index (χ1v) is 9.32. The SMILES string of the molecule is [2H][C@@]1(n2ccc(=O)[nH]c2=O)O[C@](F)(COP(=O)(O)OP(=O)(O)O)C[C@H]1O. The molecule has 2 rings (SSSR count). The molecule has 0 saturated carbocycles. The van der Waals surface area contributed by atoms with Gasteiger partial charge in [-0.25, -0.2) is 18.3 Å². The highest BCUT2D eigenvalue weighted by Gasteiger charge is 2.49. The van der Waals surface area contributed by atoms with Crippen molar-refractivity contribution in [2.24, 2.45) is 0 Å². The monoisotopic (exact) mass is 407 g/mol. The van der Waals surface area contributed by atoms with Crippen molar-refractivity contribution in [1.82, 2.24) is 9.55 Å². The predicted molar refractivity (Wildman–Crippen MR) is 74.8 cm³/mol. The van der Waals surface area contributed by atoms with Crippen LogP contribution in [-0.4, -0.2) is 47.9 Å². The molecule has 1 aliphatic heterocycles. The minimum atomic E-state index is -5.43. The number of phosphoric acid groups is 2. The molecule has 2 heterocycles. The molecule has 4 atom stereocenters. The van der Waals surface area contributed by atoms with Gasteiger partial charge in [-0.1, -0.05) is 0 Å². The van der Waals surface area contributed by atoms with Crippen LogP contribution in [0.3, 0.4) is 0 Å². The third kappa shape index (κ3) is 5.38. The van der Waals surface area contributed by atoms with Crippen molar-refractivity contribution in [3.63, 3.8) is 0 Å². The Morgan fingerprint density at radius 3 is 2.68 bits per heavy atom. The van der Waals surface area contributed by atoms with Crippen LogP contribution < -0.4 is 11.2 Å². The van der Waals surface area contributed by atoms with E-state index in [-0.39, 0.29) is 0 Å². The average Bonchev–Trinajstić information content (AvgIpc) is 2.65. The number of nitrogens with zero attached hydrogens (tertiary/aromatic N) is 1. The molecule has 0 amide bonds. The van der Waals surface area contributed by atoms with Crippen molar-refractivity contribution in [3.05, 3.63) is 33.1 Å². The molecule has 1 unspecified atom stereocenters. The summed E-state index contributed by atoms with van der Waals surface area (Å²) in [5.74, 6) is -3.10. The molecule has 16 heteroatoms. The zero-order chi connectivity index (χ0) is 20.0. The molecule has 13 nitrogen and oxygen atoms in total. The van der Waals surface area contributed by atoms with Gasteiger partial charge in [0.05, 0.1) is 1.37 Å². The van der Waals surface area contributed by atoms with Gasteiger partial charge in [0.15, 0.2) is 6.20 Å². The van der Waals surface area contributed by atoms with Crippen LogP contribution in [0.5, 0.6) is 0 Å². The first-order valence-electron chi connectivity index (χ1n) is 6.80. The molecule has 1 aromatic heterocycles. The molecule has 1 aliphatic rings. The van der Waals surface area contributed by atoms with E-state index in [2.05, 4.69) is 13.6 Å². The van der Waals surface area contributed by atoms with E-state index in [1.165, 1.54) is 0 Å². The van der Waals surface area contributed by atoms with E-state index >= 15 is 0 Å². The van der Waals surface area contributed by atoms with Gasteiger partial charge in [-0.3, -0.25) is 18.9 Å². The zero-order valence-corrected chi connectivity index (χ0v) is 13.8. The Balaban J connectivity index is 2.20. The number of phosphoric ester groups is 1. The number of ether oxygens (including phenoxy) is 1. The number of aromatic amines is 1. The first kappa shape index (κ1) is 18.6. The number of rotatable bonds is 6. The zero-order valence-electron chi connectivity index (χ0n) is 13.0. The normalized spacial score (nSPS) is 33.0. The van der Waals surface area contributed by atoms with Gasteiger partial charge in [0.1, 0.15) is 12.7 Å². The number of H-pyrrole nitrogens is 1. The Morgan fingerprint density at radius 2 is 2.12 bits per heavy atom. The van der Waals surface area contributed by atoms with Gasteiger partial charge < -0.3 is 24.5 Å². The maximum atomic E-state index is 14.6. The molecule has 5 N–H and O–H groups in total. The molecule has 142 valence electrons. The Bertz CT molecular complexity index is 900. The van der Waals surface area contributed by atoms with Crippen molar-refractivity contribution in [2.75, 3.05) is 6.61 Å². The molecule has 0 aromatic carbocycles. The highest BCUT2D eigenvalue weighted by Crippen LogP contribution is 2.58. The summed E-state index contributed by atoms with van der Waals surface area (Å²) in [7, 11) is -10.8. The smallest absolute Gasteiger partial charge is 0.388 e. The Labute approximate surface area is 138 Å². The summed E-state index contributed by atoms with van der Waals surface area (Å²) in [5.41, 5.74) is -2.03. The van der Waals surface area contributed by atoms with Gasteiger partial charge in [0.25, 0.3) is 5.56 Å².